The first-order valence-corrected chi connectivity index (χ1v) is 12.1. The van der Waals surface area contributed by atoms with Gasteiger partial charge in [0.15, 0.2) is 0 Å². The van der Waals surface area contributed by atoms with Gasteiger partial charge in [0.05, 0.1) is 9.82 Å². The summed E-state index contributed by atoms with van der Waals surface area (Å²) in [5.74, 6) is 0. The molecule has 8 nitrogen and oxygen atoms in total. The van der Waals surface area contributed by atoms with E-state index in [9.17, 15) is 18.5 Å². The summed E-state index contributed by atoms with van der Waals surface area (Å²) in [6.45, 7) is 8.03. The van der Waals surface area contributed by atoms with Crippen LogP contribution in [0, 0.1) is 10.1 Å². The minimum absolute atomic E-state index is 0.0341. The number of nitrogens with zero attached hydrogens (tertiary/aromatic N) is 4. The smallest absolute Gasteiger partial charge is 0.293 e. The Morgan fingerprint density at radius 3 is 2.23 bits per heavy atom. The number of nitro benzene ring substituents is 1. The number of sulfonamides is 1. The molecular formula is C22H30N4O4S. The molecule has 0 unspecified atom stereocenters. The number of hydrogen-bond acceptors (Lipinski definition) is 6. The first-order valence-electron chi connectivity index (χ1n) is 10.7. The lowest BCUT2D eigenvalue weighted by molar-refractivity contribution is -0.384. The van der Waals surface area contributed by atoms with Crippen molar-refractivity contribution in [2.75, 3.05) is 50.7 Å². The Morgan fingerprint density at radius 1 is 1.00 bits per heavy atom. The summed E-state index contributed by atoms with van der Waals surface area (Å²) in [6.07, 6.45) is 0.971. The van der Waals surface area contributed by atoms with E-state index < -0.39 is 14.9 Å². The fourth-order valence-electron chi connectivity index (χ4n) is 3.93. The zero-order valence-electron chi connectivity index (χ0n) is 18.1. The van der Waals surface area contributed by atoms with Crippen molar-refractivity contribution < 1.29 is 13.3 Å². The van der Waals surface area contributed by atoms with Gasteiger partial charge in [-0.15, -0.1) is 0 Å². The van der Waals surface area contributed by atoms with Crippen LogP contribution in [0.2, 0.25) is 0 Å². The molecule has 168 valence electrons. The molecule has 0 N–H and O–H groups in total. The summed E-state index contributed by atoms with van der Waals surface area (Å²) in [4.78, 5) is 15.5. The molecule has 0 aliphatic carbocycles. The molecule has 0 amide bonds. The summed E-state index contributed by atoms with van der Waals surface area (Å²) >= 11 is 0. The standard InChI is InChI=1S/C22H30N4O4S/c1-3-25(4-2)31(29,30)20-10-11-21(22(18-20)26(27)28)24-16-14-23(15-17-24)13-12-19-8-6-5-7-9-19/h5-11,18H,3-4,12-17H2,1-2H3. The Bertz CT molecular complexity index is 986. The molecule has 0 saturated carbocycles. The van der Waals surface area contributed by atoms with Crippen molar-refractivity contribution in [3.05, 3.63) is 64.2 Å². The average Bonchev–Trinajstić information content (AvgIpc) is 2.79. The molecule has 1 heterocycles. The third-order valence-electron chi connectivity index (χ3n) is 5.76. The van der Waals surface area contributed by atoms with Crippen LogP contribution in [0.1, 0.15) is 19.4 Å². The van der Waals surface area contributed by atoms with Crippen LogP contribution in [-0.2, 0) is 16.4 Å². The monoisotopic (exact) mass is 446 g/mol. The van der Waals surface area contributed by atoms with E-state index >= 15 is 0 Å². The highest BCUT2D eigenvalue weighted by Gasteiger charge is 2.28. The molecular weight excluding hydrogens is 416 g/mol. The maximum atomic E-state index is 12.8. The molecule has 9 heteroatoms. The summed E-state index contributed by atoms with van der Waals surface area (Å²) in [6, 6.07) is 14.6. The third kappa shape index (κ3) is 5.41. The Morgan fingerprint density at radius 2 is 1.65 bits per heavy atom. The van der Waals surface area contributed by atoms with Crippen LogP contribution in [0.5, 0.6) is 0 Å². The first-order chi connectivity index (χ1) is 14.9. The fourth-order valence-corrected chi connectivity index (χ4v) is 5.41. The lowest BCUT2D eigenvalue weighted by Gasteiger charge is -2.35. The van der Waals surface area contributed by atoms with Gasteiger partial charge in [-0.3, -0.25) is 15.0 Å². The van der Waals surface area contributed by atoms with Crippen LogP contribution in [0.3, 0.4) is 0 Å². The lowest BCUT2D eigenvalue weighted by atomic mass is 10.1. The van der Waals surface area contributed by atoms with Crippen LogP contribution in [0.15, 0.2) is 53.4 Å². The van der Waals surface area contributed by atoms with E-state index in [-0.39, 0.29) is 10.6 Å². The number of rotatable bonds is 9. The maximum Gasteiger partial charge on any atom is 0.293 e. The molecule has 31 heavy (non-hydrogen) atoms. The number of nitro groups is 1. The maximum absolute atomic E-state index is 12.8. The number of piperazine rings is 1. The Balaban J connectivity index is 1.71. The van der Waals surface area contributed by atoms with E-state index in [1.165, 1.54) is 22.0 Å². The van der Waals surface area contributed by atoms with E-state index in [0.717, 1.165) is 26.1 Å². The Hall–Kier alpha value is -2.49. The van der Waals surface area contributed by atoms with Gasteiger partial charge in [0.25, 0.3) is 5.69 Å². The molecule has 0 aromatic heterocycles. The minimum Gasteiger partial charge on any atom is -0.363 e. The highest BCUT2D eigenvalue weighted by atomic mass is 32.2. The zero-order valence-corrected chi connectivity index (χ0v) is 18.9. The quantitative estimate of drug-likeness (QED) is 0.435. The molecule has 1 saturated heterocycles. The van der Waals surface area contributed by atoms with Crippen molar-refractivity contribution >= 4 is 21.4 Å². The molecule has 0 radical (unpaired) electrons. The highest BCUT2D eigenvalue weighted by Crippen LogP contribution is 2.32. The predicted octanol–water partition coefficient (Wildman–Crippen LogP) is 2.99. The van der Waals surface area contributed by atoms with Crippen LogP contribution in [-0.4, -0.2) is 68.4 Å². The van der Waals surface area contributed by atoms with Gasteiger partial charge >= 0.3 is 0 Å². The summed E-state index contributed by atoms with van der Waals surface area (Å²) in [5.41, 5.74) is 1.61. The van der Waals surface area contributed by atoms with Crippen LogP contribution in [0.25, 0.3) is 0 Å². The second kappa shape index (κ2) is 10.2. The van der Waals surface area contributed by atoms with E-state index in [1.54, 1.807) is 19.9 Å². The second-order valence-electron chi connectivity index (χ2n) is 7.56. The SMILES string of the molecule is CCN(CC)S(=O)(=O)c1ccc(N2CCN(CCc3ccccc3)CC2)c([N+](=O)[O-])c1. The van der Waals surface area contributed by atoms with Crippen molar-refractivity contribution in [3.63, 3.8) is 0 Å². The highest BCUT2D eigenvalue weighted by molar-refractivity contribution is 7.89. The topological polar surface area (TPSA) is 87.0 Å². The van der Waals surface area contributed by atoms with Crippen molar-refractivity contribution in [3.8, 4) is 0 Å². The predicted molar refractivity (Wildman–Crippen MR) is 122 cm³/mol. The molecule has 1 aliphatic rings. The summed E-state index contributed by atoms with van der Waals surface area (Å²) in [7, 11) is -3.75. The van der Waals surface area contributed by atoms with Gasteiger partial charge in [-0.2, -0.15) is 4.31 Å². The van der Waals surface area contributed by atoms with Gasteiger partial charge in [0.2, 0.25) is 10.0 Å². The molecule has 2 aromatic rings. The number of hydrogen-bond donors (Lipinski definition) is 0. The molecule has 1 aliphatic heterocycles. The molecule has 2 aromatic carbocycles. The normalized spacial score (nSPS) is 15.4. The van der Waals surface area contributed by atoms with E-state index in [1.807, 2.05) is 23.1 Å². The molecule has 0 spiro atoms. The minimum atomic E-state index is -3.75. The molecule has 1 fully saturated rings. The van der Waals surface area contributed by atoms with E-state index in [4.69, 9.17) is 0 Å². The van der Waals surface area contributed by atoms with Gasteiger partial charge < -0.3 is 4.90 Å². The van der Waals surface area contributed by atoms with Crippen LogP contribution >= 0.6 is 0 Å². The lowest BCUT2D eigenvalue weighted by Crippen LogP contribution is -2.47. The van der Waals surface area contributed by atoms with Crippen molar-refractivity contribution in [2.24, 2.45) is 0 Å². The molecule has 3 rings (SSSR count). The van der Waals surface area contributed by atoms with Gasteiger partial charge in [-0.05, 0) is 24.1 Å². The molecule has 0 bridgehead atoms. The van der Waals surface area contributed by atoms with Gasteiger partial charge in [-0.25, -0.2) is 8.42 Å². The summed E-state index contributed by atoms with van der Waals surface area (Å²) in [5, 5.41) is 11.7. The molecule has 0 atom stereocenters. The van der Waals surface area contributed by atoms with E-state index in [2.05, 4.69) is 17.0 Å². The Kier molecular flexibility index (Phi) is 7.64. The van der Waals surface area contributed by atoms with Gasteiger partial charge in [0, 0.05) is 51.9 Å². The average molecular weight is 447 g/mol. The fraction of sp³-hybridized carbons (Fsp3) is 0.455. The largest absolute Gasteiger partial charge is 0.363 e. The zero-order chi connectivity index (χ0) is 22.4. The van der Waals surface area contributed by atoms with Crippen molar-refractivity contribution in [1.82, 2.24) is 9.21 Å². The number of benzene rings is 2. The van der Waals surface area contributed by atoms with Crippen molar-refractivity contribution in [2.45, 2.75) is 25.2 Å². The Labute approximate surface area is 184 Å². The van der Waals surface area contributed by atoms with Crippen LogP contribution in [0.4, 0.5) is 11.4 Å². The van der Waals surface area contributed by atoms with Gasteiger partial charge in [-0.1, -0.05) is 44.2 Å². The first kappa shape index (κ1) is 23.2. The third-order valence-corrected chi connectivity index (χ3v) is 7.81. The van der Waals surface area contributed by atoms with Gasteiger partial charge in [0.1, 0.15) is 5.69 Å². The van der Waals surface area contributed by atoms with Crippen LogP contribution < -0.4 is 4.90 Å². The van der Waals surface area contributed by atoms with Crippen molar-refractivity contribution in [1.29, 1.82) is 0 Å². The number of anilines is 1. The van der Waals surface area contributed by atoms with E-state index in [0.29, 0.717) is 31.9 Å². The summed E-state index contributed by atoms with van der Waals surface area (Å²) < 4.78 is 26.8. The second-order valence-corrected chi connectivity index (χ2v) is 9.50.